The van der Waals surface area contributed by atoms with Crippen molar-refractivity contribution >= 4 is 64.4 Å². The number of carbonyl (C=O) groups excluding carboxylic acids is 6. The second kappa shape index (κ2) is 68.5. The van der Waals surface area contributed by atoms with Crippen molar-refractivity contribution in [2.24, 2.45) is 5.73 Å². The molecule has 0 saturated carbocycles. The zero-order valence-electron chi connectivity index (χ0n) is 69.8. The maximum Gasteiger partial charge on any atom is 0.325 e. The molecule has 3 heterocycles. The van der Waals surface area contributed by atoms with Crippen molar-refractivity contribution in [3.8, 4) is 12.3 Å². The van der Waals surface area contributed by atoms with E-state index >= 15 is 0 Å². The number of ether oxygens (including phenoxy) is 4. The van der Waals surface area contributed by atoms with E-state index in [1.807, 2.05) is 20.8 Å². The summed E-state index contributed by atoms with van der Waals surface area (Å²) in [5, 5.41) is 32.5. The van der Waals surface area contributed by atoms with E-state index in [1.165, 1.54) is 236 Å². The first-order valence-corrected chi connectivity index (χ1v) is 42.3. The first-order chi connectivity index (χ1) is 52.0. The fraction of sp³-hybridized carbons (Fsp3) is 0.824. The van der Waals surface area contributed by atoms with Crippen LogP contribution in [0, 0.1) is 18.4 Å². The number of nitrogens with one attached hydrogen (secondary N) is 2. The molecule has 630 valence electrons. The van der Waals surface area contributed by atoms with E-state index < -0.39 is 59.7 Å². The van der Waals surface area contributed by atoms with Crippen molar-refractivity contribution in [1.82, 2.24) is 30.2 Å². The number of imidazole rings is 1. The van der Waals surface area contributed by atoms with E-state index in [0.717, 1.165) is 57.8 Å². The van der Waals surface area contributed by atoms with Crippen LogP contribution in [0.3, 0.4) is 0 Å². The van der Waals surface area contributed by atoms with Crippen molar-refractivity contribution in [1.29, 1.82) is 0 Å². The van der Waals surface area contributed by atoms with E-state index in [1.54, 1.807) is 20.8 Å². The molecule has 0 spiro atoms. The summed E-state index contributed by atoms with van der Waals surface area (Å²) < 4.78 is 36.3. The van der Waals surface area contributed by atoms with Gasteiger partial charge in [0.25, 0.3) is 0 Å². The Bertz CT molecular complexity index is 2730. The Morgan fingerprint density at radius 3 is 1.23 bits per heavy atom. The number of esters is 3. The number of carboxylic acid groups (broad SMARTS) is 2. The van der Waals surface area contributed by atoms with Crippen LogP contribution in [-0.2, 0) is 57.3 Å². The van der Waals surface area contributed by atoms with Gasteiger partial charge in [-0.15, -0.1) is 6.42 Å². The molecule has 9 N–H and O–H groups in total. The molecule has 0 radical (unpaired) electrons. The molecule has 0 unspecified atom stereocenters. The number of terminal acetylenes is 1. The summed E-state index contributed by atoms with van der Waals surface area (Å²) in [6.07, 6.45) is 60.8. The summed E-state index contributed by atoms with van der Waals surface area (Å²) in [7, 11) is 0. The Hall–Kier alpha value is -6.32. The molecular weight excluding hydrogens is 1390 g/mol. The van der Waals surface area contributed by atoms with Crippen molar-refractivity contribution in [3.63, 3.8) is 0 Å². The highest BCUT2D eigenvalue weighted by molar-refractivity contribution is 5.84. The molecule has 3 atom stereocenters. The number of anilines is 1. The predicted molar refractivity (Wildman–Crippen MR) is 434 cm³/mol. The van der Waals surface area contributed by atoms with E-state index in [4.69, 9.17) is 47.1 Å². The molecule has 24 heteroatoms. The lowest BCUT2D eigenvalue weighted by atomic mass is 9.99. The third-order valence-corrected chi connectivity index (χ3v) is 18.3. The first kappa shape index (κ1) is 105. The van der Waals surface area contributed by atoms with Gasteiger partial charge in [-0.1, -0.05) is 290 Å². The topological polar surface area (TPSA) is 354 Å². The molecule has 2 amide bonds. The number of nitrogens with zero attached hydrogens (tertiary/aromatic N) is 4. The summed E-state index contributed by atoms with van der Waals surface area (Å²) >= 11 is 0. The molecule has 23 nitrogen and oxygen atoms in total. The van der Waals surface area contributed by atoms with E-state index in [9.17, 15) is 47.9 Å². The third kappa shape index (κ3) is 64.0. The number of fused-ring (bicyclic) bond motifs is 1. The van der Waals surface area contributed by atoms with Gasteiger partial charge in [0, 0.05) is 38.5 Å². The van der Waals surface area contributed by atoms with Gasteiger partial charge < -0.3 is 56.4 Å². The number of ketones is 1. The van der Waals surface area contributed by atoms with Crippen LogP contribution in [0.1, 0.15) is 403 Å². The van der Waals surface area contributed by atoms with Crippen LogP contribution >= 0.6 is 0 Å². The molecule has 0 bridgehead atoms. The standard InChI is InChI=1S/C29H42FN5O5.C20H39NO3.C16H31NO3.C14H28O2.C6H13NO2/c1-3-5-6-7-8-9-10-11-12-13-14-15-21(36)16-17-24(38)39-19-29(4-2)22(37)18-23(40-29)35-20-32-25-26(31)33-28(30)34-27(25)35;1-5-6-7-8-9-10-11-12-13-14-15-16-18(22)21-17-19(23)24-20(2,3)4;1-2-3-4-5-6-7-8-9-10-11-12-13-15(18)17-14-16(19)20;1-2-3-4-5-6-7-8-9-10-11-12-13-14(15)16;1-6(2,3)9-5(8)4-7/h2,20,22-23,37H,3,5-19H2,1H3,(H2,31,33,34);5-17H2,1-4H3,(H,21,22);2-14H2,1H3,(H,17,18)(H,19,20);2-13H2,1H3,(H,15,16);4,7H2,1-3H3/t22-,23+,29+;;;;/m0..../s1. The van der Waals surface area contributed by atoms with Gasteiger partial charge in [0.2, 0.25) is 11.8 Å². The van der Waals surface area contributed by atoms with Crippen LogP contribution in [0.25, 0.3) is 11.2 Å². The zero-order chi connectivity index (χ0) is 81.8. The lowest BCUT2D eigenvalue weighted by Gasteiger charge is -2.26. The molecule has 1 fully saturated rings. The highest BCUT2D eigenvalue weighted by atomic mass is 19.1. The summed E-state index contributed by atoms with van der Waals surface area (Å²) in [5.74, 6) is -0.904. The number of aliphatic carboxylic acids is 2. The number of rotatable bonds is 59. The SMILES string of the molecule is C#C[C@]1(COC(=O)CCC(=O)CCCCCCCCCCCCC)O[C@@H](n2cnc3c(N)nc(F)nc32)C[C@@H]1O.CC(C)(C)OC(=O)CN.CCCCCCCCCCCCCC(=O)NCC(=O)O.CCCCCCCCCCCCCC(=O)NCC(=O)OC(C)(C)C.CCCCCCCCCCCCCC(=O)O. The molecule has 1 saturated heterocycles. The van der Waals surface area contributed by atoms with Crippen molar-refractivity contribution < 1.29 is 77.0 Å². The van der Waals surface area contributed by atoms with Crippen LogP contribution in [0.2, 0.25) is 0 Å². The lowest BCUT2D eigenvalue weighted by Crippen LogP contribution is -2.43. The largest absolute Gasteiger partial charge is 0.481 e. The maximum atomic E-state index is 13.7. The number of unbranched alkanes of at least 4 members (excludes halogenated alkanes) is 40. The summed E-state index contributed by atoms with van der Waals surface area (Å²) in [6, 6.07) is 0. The lowest BCUT2D eigenvalue weighted by molar-refractivity contribution is -0.157. The fourth-order valence-electron chi connectivity index (χ4n) is 12.1. The predicted octanol–water partition coefficient (Wildman–Crippen LogP) is 18.9. The van der Waals surface area contributed by atoms with Gasteiger partial charge >= 0.3 is 35.9 Å². The van der Waals surface area contributed by atoms with Crippen LogP contribution in [0.4, 0.5) is 10.2 Å². The van der Waals surface area contributed by atoms with E-state index in [-0.39, 0.29) is 85.4 Å². The number of Topliss-reactive ketones (excluding diaryl/α,β-unsaturated/α-hetero) is 1. The van der Waals surface area contributed by atoms with Crippen molar-refractivity contribution in [2.45, 2.75) is 426 Å². The number of hydrogen-bond donors (Lipinski definition) is 7. The molecule has 2 aromatic rings. The quantitative estimate of drug-likeness (QED) is 0.0106. The second-order valence-corrected chi connectivity index (χ2v) is 31.1. The Labute approximate surface area is 656 Å². The van der Waals surface area contributed by atoms with Gasteiger partial charge in [-0.2, -0.15) is 14.4 Å². The Kier molecular flexibility index (Phi) is 65.8. The number of nitrogen functional groups attached to an aromatic ring is 1. The fourth-order valence-corrected chi connectivity index (χ4v) is 12.1. The molecule has 1 aliphatic heterocycles. The smallest absolute Gasteiger partial charge is 0.325 e. The average Bonchev–Trinajstić information content (AvgIpc) is 1.62. The number of aliphatic hydroxyl groups is 1. The number of carboxylic acids is 2. The number of nitrogens with two attached hydrogens (primary N) is 2. The Morgan fingerprint density at radius 1 is 0.523 bits per heavy atom. The minimum Gasteiger partial charge on any atom is -0.481 e. The van der Waals surface area contributed by atoms with Crippen LogP contribution in [0.15, 0.2) is 6.33 Å². The number of amides is 2. The average molecular weight is 1550 g/mol. The van der Waals surface area contributed by atoms with E-state index in [2.05, 4.69) is 59.2 Å². The van der Waals surface area contributed by atoms with Crippen molar-refractivity contribution in [2.75, 3.05) is 32.0 Å². The molecule has 109 heavy (non-hydrogen) atoms. The molecule has 0 aliphatic carbocycles. The highest BCUT2D eigenvalue weighted by Crippen LogP contribution is 2.38. The van der Waals surface area contributed by atoms with Gasteiger partial charge in [-0.3, -0.25) is 42.9 Å². The number of halogens is 1. The third-order valence-electron chi connectivity index (χ3n) is 18.3. The molecule has 2 aromatic heterocycles. The Balaban J connectivity index is 0. The first-order valence-electron chi connectivity index (χ1n) is 42.3. The summed E-state index contributed by atoms with van der Waals surface area (Å²) in [6.45, 7) is 19.1. The van der Waals surface area contributed by atoms with Gasteiger partial charge in [0.05, 0.1) is 19.3 Å². The van der Waals surface area contributed by atoms with Gasteiger partial charge in [-0.05, 0) is 67.2 Å². The minimum absolute atomic E-state index is 0.0240. The zero-order valence-corrected chi connectivity index (χ0v) is 69.8. The molecule has 1 aliphatic rings. The number of hydrogen-bond acceptors (Lipinski definition) is 18. The number of aromatic nitrogens is 4. The van der Waals surface area contributed by atoms with Crippen LogP contribution in [-0.4, -0.2) is 131 Å². The van der Waals surface area contributed by atoms with Gasteiger partial charge in [0.1, 0.15) is 49.0 Å². The van der Waals surface area contributed by atoms with Gasteiger partial charge in [0.15, 0.2) is 22.6 Å². The monoisotopic (exact) mass is 1550 g/mol. The summed E-state index contributed by atoms with van der Waals surface area (Å²) in [5.41, 5.74) is 8.45. The van der Waals surface area contributed by atoms with E-state index in [0.29, 0.717) is 25.7 Å². The highest BCUT2D eigenvalue weighted by Gasteiger charge is 2.49. The summed E-state index contributed by atoms with van der Waals surface area (Å²) in [4.78, 5) is 101. The second-order valence-electron chi connectivity index (χ2n) is 31.1. The minimum atomic E-state index is -1.62. The van der Waals surface area contributed by atoms with Crippen LogP contribution < -0.4 is 22.1 Å². The van der Waals surface area contributed by atoms with Crippen molar-refractivity contribution in [3.05, 3.63) is 12.4 Å². The molecular formula is C85H153FN8O15. The van der Waals surface area contributed by atoms with Gasteiger partial charge in [-0.25, -0.2) is 4.98 Å². The normalized spacial score (nSPS) is 14.4. The molecule has 3 rings (SSSR count). The number of aliphatic hydroxyl groups excluding tert-OH is 1. The molecule has 0 aromatic carbocycles. The number of carbonyl (C=O) groups is 8. The Morgan fingerprint density at radius 2 is 0.881 bits per heavy atom. The van der Waals surface area contributed by atoms with Crippen LogP contribution in [0.5, 0.6) is 0 Å². The maximum absolute atomic E-state index is 13.7.